The van der Waals surface area contributed by atoms with E-state index in [1.807, 2.05) is 30.5 Å². The number of anilines is 1. The molecule has 7 heteroatoms. The van der Waals surface area contributed by atoms with E-state index in [1.54, 1.807) is 0 Å². The minimum absolute atomic E-state index is 0.0335. The maximum absolute atomic E-state index is 13.4. The van der Waals surface area contributed by atoms with Crippen molar-refractivity contribution in [1.29, 1.82) is 0 Å². The van der Waals surface area contributed by atoms with Crippen LogP contribution in [0, 0.1) is 0 Å². The summed E-state index contributed by atoms with van der Waals surface area (Å²) in [6.45, 7) is 12.8. The average Bonchev–Trinajstić information content (AvgIpc) is 3.21. The molecule has 0 radical (unpaired) electrons. The summed E-state index contributed by atoms with van der Waals surface area (Å²) in [7, 11) is 0. The Balaban J connectivity index is 1.44. The molecule has 7 nitrogen and oxygen atoms in total. The Morgan fingerprint density at radius 1 is 0.554 bits per heavy atom. The van der Waals surface area contributed by atoms with Gasteiger partial charge in [0.1, 0.15) is 24.5 Å². The maximum Gasteiger partial charge on any atom is 0.218 e. The van der Waals surface area contributed by atoms with E-state index in [4.69, 9.17) is 0 Å². The minimum atomic E-state index is -0.221. The Bertz CT molecular complexity index is 1360. The van der Waals surface area contributed by atoms with E-state index in [9.17, 15) is 9.90 Å². The molecule has 1 aromatic heterocycles. The Kier molecular flexibility index (Phi) is 25.4. The number of aliphatic hydroxyl groups is 1. The number of rotatable bonds is 34. The van der Waals surface area contributed by atoms with Crippen LogP contribution in [-0.4, -0.2) is 63.8 Å². The van der Waals surface area contributed by atoms with Crippen LogP contribution in [0.3, 0.4) is 0 Å². The van der Waals surface area contributed by atoms with Crippen LogP contribution < -0.4 is 4.90 Å². The molecule has 1 aromatic rings. The first-order valence-electron chi connectivity index (χ1n) is 23.7. The number of hydrogen-bond donors (Lipinski definition) is 1. The van der Waals surface area contributed by atoms with Gasteiger partial charge in [-0.3, -0.25) is 4.79 Å². The molecule has 0 amide bonds. The number of unbranched alkanes of at least 4 members (excludes halogenated alkanes) is 25. The first kappa shape index (κ1) is 47.3. The van der Waals surface area contributed by atoms with E-state index in [2.05, 4.69) is 52.4 Å². The lowest BCUT2D eigenvalue weighted by Gasteiger charge is -2.25. The second kappa shape index (κ2) is 30.1. The highest BCUT2D eigenvalue weighted by molar-refractivity contribution is 6.40. The van der Waals surface area contributed by atoms with Crippen LogP contribution in [0.15, 0.2) is 46.3 Å². The van der Waals surface area contributed by atoms with Gasteiger partial charge in [0.05, 0.1) is 23.1 Å². The predicted octanol–water partition coefficient (Wildman–Crippen LogP) is 13.5. The summed E-state index contributed by atoms with van der Waals surface area (Å²) in [5.74, 6) is 0.597. The zero-order valence-corrected chi connectivity index (χ0v) is 36.6. The first-order chi connectivity index (χ1) is 27.5. The highest BCUT2D eigenvalue weighted by Crippen LogP contribution is 2.38. The summed E-state index contributed by atoms with van der Waals surface area (Å²) < 4.78 is 2.36. The van der Waals surface area contributed by atoms with E-state index in [-0.39, 0.29) is 22.7 Å². The van der Waals surface area contributed by atoms with Crippen molar-refractivity contribution in [3.63, 3.8) is 0 Å². The highest BCUT2D eigenvalue weighted by atomic mass is 16.3. The van der Waals surface area contributed by atoms with Crippen molar-refractivity contribution in [2.24, 2.45) is 4.99 Å². The second-order valence-electron chi connectivity index (χ2n) is 16.5. The average molecular weight is 773 g/mol. The summed E-state index contributed by atoms with van der Waals surface area (Å²) in [6.07, 6.45) is 42.8. The van der Waals surface area contributed by atoms with Gasteiger partial charge in [0, 0.05) is 25.6 Å². The first-order valence-corrected chi connectivity index (χ1v) is 23.7. The quantitative estimate of drug-likeness (QED) is 0.0428. The van der Waals surface area contributed by atoms with Crippen LogP contribution in [0.5, 0.6) is 0 Å². The van der Waals surface area contributed by atoms with Crippen molar-refractivity contribution in [3.8, 4) is 0 Å². The third-order valence-electron chi connectivity index (χ3n) is 11.8. The molecule has 2 heterocycles. The van der Waals surface area contributed by atoms with Gasteiger partial charge in [-0.1, -0.05) is 175 Å². The summed E-state index contributed by atoms with van der Waals surface area (Å²) in [4.78, 5) is 20.3. The molecular weight excluding hydrogens is 691 g/mol. The van der Waals surface area contributed by atoms with Crippen LogP contribution in [0.1, 0.15) is 213 Å². The van der Waals surface area contributed by atoms with Gasteiger partial charge in [0.2, 0.25) is 11.5 Å². The summed E-state index contributed by atoms with van der Waals surface area (Å²) in [5, 5.41) is 20.1. The largest absolute Gasteiger partial charge is 0.506 e. The third-order valence-corrected chi connectivity index (χ3v) is 11.8. The molecule has 1 aliphatic heterocycles. The Labute approximate surface area is 343 Å². The molecule has 0 bridgehead atoms. The minimum Gasteiger partial charge on any atom is -0.506 e. The second-order valence-corrected chi connectivity index (χ2v) is 16.5. The molecule has 0 spiro atoms. The van der Waals surface area contributed by atoms with E-state index >= 15 is 0 Å². The Morgan fingerprint density at radius 2 is 1.02 bits per heavy atom. The number of ketones is 1. The van der Waals surface area contributed by atoms with Crippen molar-refractivity contribution in [2.45, 2.75) is 207 Å². The fourth-order valence-corrected chi connectivity index (χ4v) is 8.05. The van der Waals surface area contributed by atoms with Crippen LogP contribution >= 0.6 is 0 Å². The third kappa shape index (κ3) is 17.6. The van der Waals surface area contributed by atoms with Crippen LogP contribution in [0.25, 0.3) is 5.57 Å². The van der Waals surface area contributed by atoms with Gasteiger partial charge in [-0.15, -0.1) is 10.2 Å². The Morgan fingerprint density at radius 3 is 1.41 bits per heavy atom. The van der Waals surface area contributed by atoms with Crippen molar-refractivity contribution in [2.75, 3.05) is 31.1 Å². The van der Waals surface area contributed by atoms with Crippen LogP contribution in [0.2, 0.25) is 0 Å². The molecule has 1 N–H and O–H groups in total. The van der Waals surface area contributed by atoms with Crippen molar-refractivity contribution >= 4 is 29.1 Å². The van der Waals surface area contributed by atoms with Gasteiger partial charge in [0.15, 0.2) is 5.82 Å². The number of Topliss-reactive ketones (excluding diaryl/α,β-unsaturated/α-hetero) is 1. The number of hydrogen-bond acceptors (Lipinski definition) is 6. The fraction of sp³-hybridized carbons (Fsp3) is 0.735. The summed E-state index contributed by atoms with van der Waals surface area (Å²) >= 11 is 0. The molecule has 3 rings (SSSR count). The predicted molar refractivity (Wildman–Crippen MR) is 240 cm³/mol. The van der Waals surface area contributed by atoms with Crippen molar-refractivity contribution in [3.05, 3.63) is 47.0 Å². The van der Waals surface area contributed by atoms with Crippen molar-refractivity contribution in [1.82, 2.24) is 10.2 Å². The normalized spacial score (nSPS) is 16.2. The molecule has 0 aromatic carbocycles. The molecule has 314 valence electrons. The van der Waals surface area contributed by atoms with Crippen LogP contribution in [0.4, 0.5) is 5.82 Å². The molecule has 0 fully saturated rings. The number of aromatic nitrogens is 2. The highest BCUT2D eigenvalue weighted by Gasteiger charge is 2.38. The zero-order chi connectivity index (χ0) is 40.1. The van der Waals surface area contributed by atoms with Gasteiger partial charge < -0.3 is 10.0 Å². The molecule has 56 heavy (non-hydrogen) atoms. The van der Waals surface area contributed by atoms with Gasteiger partial charge >= 0.3 is 0 Å². The number of allylic oxidation sites excluding steroid dienone is 4. The smallest absolute Gasteiger partial charge is 0.218 e. The molecular formula is C49H82N5O2+. The number of carbonyl (C=O) groups excluding carboxylic acids is 1. The van der Waals surface area contributed by atoms with E-state index in [0.717, 1.165) is 50.6 Å². The van der Waals surface area contributed by atoms with Gasteiger partial charge in [-0.05, 0) is 44.4 Å². The van der Waals surface area contributed by atoms with Crippen molar-refractivity contribution < 1.29 is 14.5 Å². The number of aliphatic hydroxyl groups excluding tert-OH is 1. The molecule has 0 saturated heterocycles. The molecule has 0 saturated carbocycles. The SMILES string of the molecule is CCCCCCCCCCCCCCCCCC/[N+](CC)=C1C=C/C(=C2/C(=O)C(c3ccc(N(CCCCCCCC)CCCCCCCC)nn3)=C2O)N=C\1. The standard InChI is InChI=1S/C49H81N5O2/c1-5-9-12-15-18-19-20-21-22-23-24-25-26-27-30-31-38-53(8-4)42-34-35-43(50-41-42)46-48(55)47(49(46)56)44-36-37-45(52-51-44)54(39-32-28-16-13-10-6-2)40-33-29-17-14-11-7-3/h34-37,41H,5-33,38-40H2,1-4H3/p+1. The lowest BCUT2D eigenvalue weighted by Crippen LogP contribution is -2.28. The van der Waals surface area contributed by atoms with E-state index in [1.165, 1.54) is 167 Å². The lowest BCUT2D eigenvalue weighted by atomic mass is 9.84. The number of aliphatic imine (C=N–C) groups is 1. The van der Waals surface area contributed by atoms with E-state index < -0.39 is 0 Å². The topological polar surface area (TPSA) is 81.7 Å². The molecule has 0 atom stereocenters. The fourth-order valence-electron chi connectivity index (χ4n) is 8.05. The molecule has 0 unspecified atom stereocenters. The number of dihydropyridines is 1. The zero-order valence-electron chi connectivity index (χ0n) is 36.6. The van der Waals surface area contributed by atoms with E-state index in [0.29, 0.717) is 11.4 Å². The van der Waals surface area contributed by atoms with Gasteiger partial charge in [-0.2, -0.15) is 0 Å². The Hall–Kier alpha value is -3.09. The molecule has 2 aliphatic rings. The monoisotopic (exact) mass is 773 g/mol. The summed E-state index contributed by atoms with van der Waals surface area (Å²) in [5.41, 5.74) is 2.49. The van der Waals surface area contributed by atoms with Gasteiger partial charge in [-0.25, -0.2) is 9.57 Å². The molecule has 1 aliphatic carbocycles. The van der Waals surface area contributed by atoms with Gasteiger partial charge in [0.25, 0.3) is 0 Å². The lowest BCUT2D eigenvalue weighted by molar-refractivity contribution is -0.522. The maximum atomic E-state index is 13.4. The number of carbonyl (C=O) groups is 1. The summed E-state index contributed by atoms with van der Waals surface area (Å²) in [6, 6.07) is 3.81. The van der Waals surface area contributed by atoms with Crippen LogP contribution in [-0.2, 0) is 4.79 Å². The number of nitrogens with zero attached hydrogens (tertiary/aromatic N) is 5.